The van der Waals surface area contributed by atoms with Crippen LogP contribution in [-0.4, -0.2) is 20.1 Å². The van der Waals surface area contributed by atoms with Gasteiger partial charge in [-0.25, -0.2) is 4.98 Å². The van der Waals surface area contributed by atoms with Gasteiger partial charge in [0.05, 0.1) is 28.1 Å². The van der Waals surface area contributed by atoms with Crippen molar-refractivity contribution in [2.45, 2.75) is 0 Å². The average molecular weight is 434 g/mol. The van der Waals surface area contributed by atoms with E-state index in [9.17, 15) is 15.4 Å². The zero-order valence-corrected chi connectivity index (χ0v) is 16.8. The number of nitriles is 1. The van der Waals surface area contributed by atoms with Crippen LogP contribution in [0.5, 0.6) is 0 Å². The highest BCUT2D eigenvalue weighted by Crippen LogP contribution is 2.31. The minimum atomic E-state index is -0.454. The molecule has 0 aliphatic heterocycles. The maximum Gasteiger partial charge on any atom is 0.270 e. The number of thiazole rings is 1. The molecule has 0 atom stereocenters. The fourth-order valence-electron chi connectivity index (χ4n) is 2.86. The molecule has 1 N–H and O–H groups in total. The van der Waals surface area contributed by atoms with Crippen LogP contribution in [-0.2, 0) is 0 Å². The Hall–Kier alpha value is -3.80. The van der Waals surface area contributed by atoms with Crippen molar-refractivity contribution in [3.05, 3.63) is 85.8 Å². The summed E-state index contributed by atoms with van der Waals surface area (Å²) in [6.45, 7) is 0. The SMILES string of the molecule is N#C/C(=C/c1cn[nH]c1-c1cccc([N+](=O)[O-])c1)c1nc(-c2ccc(Cl)cc2)cs1. The van der Waals surface area contributed by atoms with Crippen LogP contribution < -0.4 is 0 Å². The van der Waals surface area contributed by atoms with Crippen molar-refractivity contribution in [1.29, 1.82) is 5.26 Å². The number of nitrogens with one attached hydrogen (secondary N) is 1. The quantitative estimate of drug-likeness (QED) is 0.242. The smallest absolute Gasteiger partial charge is 0.270 e. The molecule has 146 valence electrons. The summed E-state index contributed by atoms with van der Waals surface area (Å²) in [5, 5.41) is 30.7. The molecule has 0 aliphatic rings. The van der Waals surface area contributed by atoms with Gasteiger partial charge in [0.15, 0.2) is 0 Å². The summed E-state index contributed by atoms with van der Waals surface area (Å²) in [4.78, 5) is 15.2. The van der Waals surface area contributed by atoms with Gasteiger partial charge in [-0.05, 0) is 18.2 Å². The first kappa shape index (κ1) is 19.5. The third-order valence-electron chi connectivity index (χ3n) is 4.31. The van der Waals surface area contributed by atoms with E-state index in [1.165, 1.54) is 23.5 Å². The van der Waals surface area contributed by atoms with Crippen LogP contribution in [0.2, 0.25) is 5.02 Å². The molecule has 2 aromatic heterocycles. The molecule has 7 nitrogen and oxygen atoms in total. The van der Waals surface area contributed by atoms with E-state index in [2.05, 4.69) is 21.3 Å². The maximum atomic E-state index is 11.1. The number of rotatable bonds is 5. The van der Waals surface area contributed by atoms with E-state index >= 15 is 0 Å². The zero-order chi connectivity index (χ0) is 21.1. The second-order valence-electron chi connectivity index (χ2n) is 6.22. The Morgan fingerprint density at radius 1 is 1.23 bits per heavy atom. The van der Waals surface area contributed by atoms with Gasteiger partial charge in [0.1, 0.15) is 11.1 Å². The standard InChI is InChI=1S/C21H12ClN5O2S/c22-17-6-4-13(5-7-17)19-12-30-21(25-19)15(10-23)8-16-11-24-26-20(16)14-2-1-3-18(9-14)27(28)29/h1-9,11-12H,(H,24,26)/b15-8-. The molecule has 0 saturated heterocycles. The number of H-pyrrole nitrogens is 1. The Balaban J connectivity index is 1.69. The monoisotopic (exact) mass is 433 g/mol. The molecule has 9 heteroatoms. The van der Waals surface area contributed by atoms with Crippen LogP contribution in [0, 0.1) is 21.4 Å². The van der Waals surface area contributed by atoms with Gasteiger partial charge < -0.3 is 0 Å². The Bertz CT molecular complexity index is 1300. The summed E-state index contributed by atoms with van der Waals surface area (Å²) in [6.07, 6.45) is 3.24. The molecule has 30 heavy (non-hydrogen) atoms. The highest BCUT2D eigenvalue weighted by Gasteiger charge is 2.14. The van der Waals surface area contributed by atoms with Crippen LogP contribution in [0.25, 0.3) is 34.2 Å². The van der Waals surface area contributed by atoms with Gasteiger partial charge in [-0.15, -0.1) is 11.3 Å². The first-order valence-electron chi connectivity index (χ1n) is 8.67. The first-order valence-corrected chi connectivity index (χ1v) is 9.93. The minimum absolute atomic E-state index is 0.0231. The lowest BCUT2D eigenvalue weighted by atomic mass is 10.1. The molecule has 0 amide bonds. The fourth-order valence-corrected chi connectivity index (χ4v) is 3.78. The number of nitrogens with zero attached hydrogens (tertiary/aromatic N) is 4. The van der Waals surface area contributed by atoms with E-state index in [4.69, 9.17) is 11.6 Å². The molecule has 0 aliphatic carbocycles. The van der Waals surface area contributed by atoms with Crippen LogP contribution >= 0.6 is 22.9 Å². The van der Waals surface area contributed by atoms with E-state index in [0.29, 0.717) is 32.4 Å². The predicted molar refractivity (Wildman–Crippen MR) is 117 cm³/mol. The van der Waals surface area contributed by atoms with Crippen molar-refractivity contribution in [2.75, 3.05) is 0 Å². The molecule has 4 rings (SSSR count). The van der Waals surface area contributed by atoms with Crippen molar-refractivity contribution in [3.63, 3.8) is 0 Å². The van der Waals surface area contributed by atoms with Gasteiger partial charge in [0.25, 0.3) is 5.69 Å². The number of allylic oxidation sites excluding steroid dienone is 1. The van der Waals surface area contributed by atoms with Gasteiger partial charge >= 0.3 is 0 Å². The molecule has 0 saturated carbocycles. The second kappa shape index (κ2) is 8.29. The number of nitro groups is 1. The van der Waals surface area contributed by atoms with Crippen molar-refractivity contribution in [1.82, 2.24) is 15.2 Å². The third kappa shape index (κ3) is 3.98. The number of halogens is 1. The number of non-ortho nitro benzene ring substituents is 1. The summed E-state index contributed by atoms with van der Waals surface area (Å²) >= 11 is 7.29. The highest BCUT2D eigenvalue weighted by molar-refractivity contribution is 7.11. The number of hydrogen-bond donors (Lipinski definition) is 1. The zero-order valence-electron chi connectivity index (χ0n) is 15.2. The molecule has 4 aromatic rings. The lowest BCUT2D eigenvalue weighted by Crippen LogP contribution is -1.89. The minimum Gasteiger partial charge on any atom is -0.277 e. The van der Waals surface area contributed by atoms with Gasteiger partial charge in [-0.2, -0.15) is 10.4 Å². The highest BCUT2D eigenvalue weighted by atomic mass is 35.5. The Labute approximate surface area is 180 Å². The predicted octanol–water partition coefficient (Wildman–Crippen LogP) is 5.83. The molecule has 0 spiro atoms. The summed E-state index contributed by atoms with van der Waals surface area (Å²) < 4.78 is 0. The molecule has 2 heterocycles. The Morgan fingerprint density at radius 2 is 2.03 bits per heavy atom. The molecule has 2 aromatic carbocycles. The largest absolute Gasteiger partial charge is 0.277 e. The normalized spacial score (nSPS) is 11.3. The Morgan fingerprint density at radius 3 is 2.77 bits per heavy atom. The van der Waals surface area contributed by atoms with Crippen molar-refractivity contribution in [2.24, 2.45) is 0 Å². The first-order chi connectivity index (χ1) is 14.5. The van der Waals surface area contributed by atoms with Crippen molar-refractivity contribution < 1.29 is 4.92 Å². The number of benzene rings is 2. The van der Waals surface area contributed by atoms with Gasteiger partial charge in [0.2, 0.25) is 0 Å². The summed E-state index contributed by atoms with van der Waals surface area (Å²) in [6, 6.07) is 15.7. The fraction of sp³-hybridized carbons (Fsp3) is 0. The van der Waals surface area contributed by atoms with Crippen LogP contribution in [0.15, 0.2) is 60.1 Å². The summed E-state index contributed by atoms with van der Waals surface area (Å²) in [5.41, 5.74) is 3.82. The lowest BCUT2D eigenvalue weighted by molar-refractivity contribution is -0.384. The number of hydrogen-bond acceptors (Lipinski definition) is 6. The number of nitro benzene ring substituents is 1. The average Bonchev–Trinajstić information content (AvgIpc) is 3.42. The molecule has 0 bridgehead atoms. The van der Waals surface area contributed by atoms with E-state index in [1.54, 1.807) is 36.5 Å². The Kier molecular flexibility index (Phi) is 5.39. The summed E-state index contributed by atoms with van der Waals surface area (Å²) in [5.74, 6) is 0. The number of aromatic nitrogens is 3. The molecule has 0 fully saturated rings. The van der Waals surface area contributed by atoms with Gasteiger partial charge in [-0.3, -0.25) is 15.2 Å². The van der Waals surface area contributed by atoms with E-state index in [0.717, 1.165) is 11.3 Å². The van der Waals surface area contributed by atoms with Crippen LogP contribution in [0.4, 0.5) is 5.69 Å². The molecular weight excluding hydrogens is 422 g/mol. The van der Waals surface area contributed by atoms with Gasteiger partial charge in [0, 0.05) is 39.2 Å². The lowest BCUT2D eigenvalue weighted by Gasteiger charge is -2.01. The van der Waals surface area contributed by atoms with E-state index in [-0.39, 0.29) is 5.69 Å². The summed E-state index contributed by atoms with van der Waals surface area (Å²) in [7, 11) is 0. The van der Waals surface area contributed by atoms with Gasteiger partial charge in [-0.1, -0.05) is 35.9 Å². The maximum absolute atomic E-state index is 11.1. The van der Waals surface area contributed by atoms with Crippen LogP contribution in [0.3, 0.4) is 0 Å². The topological polar surface area (TPSA) is 108 Å². The number of aromatic amines is 1. The molecule has 0 radical (unpaired) electrons. The van der Waals surface area contributed by atoms with Crippen molar-refractivity contribution in [3.8, 4) is 28.6 Å². The van der Waals surface area contributed by atoms with Crippen molar-refractivity contribution >= 4 is 40.3 Å². The van der Waals surface area contributed by atoms with E-state index < -0.39 is 4.92 Å². The molecule has 0 unspecified atom stereocenters. The third-order valence-corrected chi connectivity index (χ3v) is 5.44. The molecular formula is C21H12ClN5O2S. The van der Waals surface area contributed by atoms with Crippen LogP contribution in [0.1, 0.15) is 10.6 Å². The second-order valence-corrected chi connectivity index (χ2v) is 7.52. The van der Waals surface area contributed by atoms with E-state index in [1.807, 2.05) is 17.5 Å².